The molecule has 4 heteroatoms. The molecule has 0 aromatic heterocycles. The second kappa shape index (κ2) is 4.88. The van der Waals surface area contributed by atoms with Crippen molar-refractivity contribution in [3.8, 4) is 0 Å². The molecule has 4 saturated carbocycles. The van der Waals surface area contributed by atoms with E-state index in [9.17, 15) is 4.79 Å². The van der Waals surface area contributed by atoms with Gasteiger partial charge in [-0.3, -0.25) is 4.79 Å². The molecule has 0 heterocycles. The summed E-state index contributed by atoms with van der Waals surface area (Å²) in [5, 5.41) is 0.248. The average Bonchev–Trinajstić information content (AvgIpc) is 2.31. The molecule has 96 valence electrons. The van der Waals surface area contributed by atoms with Crippen molar-refractivity contribution in [3.05, 3.63) is 0 Å². The summed E-state index contributed by atoms with van der Waals surface area (Å²) < 4.78 is 10.8. The van der Waals surface area contributed by atoms with Crippen molar-refractivity contribution in [2.45, 2.75) is 38.2 Å². The zero-order valence-corrected chi connectivity index (χ0v) is 11.5. The monoisotopic (exact) mass is 302 g/mol. The number of esters is 1. The molecule has 4 bridgehead atoms. The van der Waals surface area contributed by atoms with E-state index < -0.39 is 0 Å². The maximum Gasteiger partial charge on any atom is 0.318 e. The lowest BCUT2D eigenvalue weighted by Gasteiger charge is -2.53. The van der Waals surface area contributed by atoms with E-state index in [-0.39, 0.29) is 18.1 Å². The van der Waals surface area contributed by atoms with Gasteiger partial charge in [-0.1, -0.05) is 15.9 Å². The molecule has 0 atom stereocenters. The normalized spacial score (nSPS) is 42.8. The first-order valence-electron chi connectivity index (χ1n) is 6.59. The number of rotatable bonds is 4. The van der Waals surface area contributed by atoms with Crippen LogP contribution in [0.5, 0.6) is 0 Å². The highest BCUT2D eigenvalue weighted by atomic mass is 79.9. The highest BCUT2D eigenvalue weighted by molar-refractivity contribution is 9.09. The van der Waals surface area contributed by atoms with Crippen LogP contribution in [0.15, 0.2) is 0 Å². The number of hydrogen-bond donors (Lipinski definition) is 0. The Morgan fingerprint density at radius 3 is 2.18 bits per heavy atom. The van der Waals surface area contributed by atoms with E-state index in [1.807, 2.05) is 0 Å². The minimum absolute atomic E-state index is 0.136. The van der Waals surface area contributed by atoms with Gasteiger partial charge in [-0.05, 0) is 55.8 Å². The molecular formula is C13H19BrO3. The van der Waals surface area contributed by atoms with Crippen LogP contribution in [-0.2, 0) is 14.3 Å². The molecule has 0 N–H and O–H groups in total. The van der Waals surface area contributed by atoms with E-state index in [0.29, 0.717) is 6.10 Å². The smallest absolute Gasteiger partial charge is 0.318 e. The van der Waals surface area contributed by atoms with Gasteiger partial charge in [0.1, 0.15) is 5.33 Å². The summed E-state index contributed by atoms with van der Waals surface area (Å²) in [6.07, 6.45) is 7.16. The van der Waals surface area contributed by atoms with Crippen molar-refractivity contribution >= 4 is 21.9 Å². The molecule has 0 saturated heterocycles. The third-order valence-electron chi connectivity index (χ3n) is 4.73. The number of hydrogen-bond acceptors (Lipinski definition) is 3. The van der Waals surface area contributed by atoms with Gasteiger partial charge in [-0.25, -0.2) is 0 Å². The van der Waals surface area contributed by atoms with E-state index in [4.69, 9.17) is 9.47 Å². The highest BCUT2D eigenvalue weighted by Crippen LogP contribution is 2.54. The molecule has 0 radical (unpaired) electrons. The molecule has 0 aliphatic heterocycles. The SMILES string of the molecule is O=C(CBr)OCOC1C2CC3CC(C2)CC1C3. The summed E-state index contributed by atoms with van der Waals surface area (Å²) >= 11 is 3.07. The van der Waals surface area contributed by atoms with E-state index >= 15 is 0 Å². The Balaban J connectivity index is 1.52. The number of alkyl halides is 1. The molecule has 4 rings (SSSR count). The van der Waals surface area contributed by atoms with Crippen molar-refractivity contribution in [1.29, 1.82) is 0 Å². The van der Waals surface area contributed by atoms with Crippen molar-refractivity contribution in [3.63, 3.8) is 0 Å². The molecule has 0 aromatic carbocycles. The Labute approximate surface area is 110 Å². The fraction of sp³-hybridized carbons (Fsp3) is 0.923. The van der Waals surface area contributed by atoms with Crippen molar-refractivity contribution < 1.29 is 14.3 Å². The van der Waals surface area contributed by atoms with Gasteiger partial charge < -0.3 is 9.47 Å². The Morgan fingerprint density at radius 2 is 1.65 bits per heavy atom. The van der Waals surface area contributed by atoms with Gasteiger partial charge in [0, 0.05) is 0 Å². The first kappa shape index (κ1) is 12.0. The zero-order valence-electron chi connectivity index (χ0n) is 9.94. The molecule has 4 aliphatic carbocycles. The maximum absolute atomic E-state index is 11.0. The third kappa shape index (κ3) is 2.39. The fourth-order valence-corrected chi connectivity index (χ4v) is 4.53. The summed E-state index contributed by atoms with van der Waals surface area (Å²) in [4.78, 5) is 11.0. The van der Waals surface area contributed by atoms with E-state index in [1.165, 1.54) is 32.1 Å². The Bertz CT molecular complexity index is 277. The average molecular weight is 303 g/mol. The zero-order chi connectivity index (χ0) is 11.8. The third-order valence-corrected chi connectivity index (χ3v) is 5.19. The van der Waals surface area contributed by atoms with Gasteiger partial charge in [-0.15, -0.1) is 0 Å². The van der Waals surface area contributed by atoms with Gasteiger partial charge in [0.05, 0.1) is 6.10 Å². The van der Waals surface area contributed by atoms with Crippen LogP contribution in [0.2, 0.25) is 0 Å². The number of ether oxygens (including phenoxy) is 2. The number of carbonyl (C=O) groups is 1. The summed E-state index contributed by atoms with van der Waals surface area (Å²) in [6, 6.07) is 0. The molecular weight excluding hydrogens is 284 g/mol. The summed E-state index contributed by atoms with van der Waals surface area (Å²) in [7, 11) is 0. The predicted octanol–water partition coefficient (Wildman–Crippen LogP) is 2.72. The second-order valence-electron chi connectivity index (χ2n) is 5.83. The molecule has 4 aliphatic rings. The van der Waals surface area contributed by atoms with Crippen LogP contribution in [0.1, 0.15) is 32.1 Å². The van der Waals surface area contributed by atoms with Crippen LogP contribution in [0.3, 0.4) is 0 Å². The quantitative estimate of drug-likeness (QED) is 0.455. The molecule has 4 fully saturated rings. The van der Waals surface area contributed by atoms with Crippen molar-refractivity contribution in [1.82, 2.24) is 0 Å². The summed E-state index contributed by atoms with van der Waals surface area (Å²) in [5.74, 6) is 3.14. The van der Waals surface area contributed by atoms with E-state index in [1.54, 1.807) is 0 Å². The van der Waals surface area contributed by atoms with Crippen LogP contribution in [-0.4, -0.2) is 24.2 Å². The van der Waals surface area contributed by atoms with Crippen LogP contribution in [0.25, 0.3) is 0 Å². The van der Waals surface area contributed by atoms with Gasteiger partial charge in [0.25, 0.3) is 0 Å². The first-order valence-corrected chi connectivity index (χ1v) is 7.71. The lowest BCUT2D eigenvalue weighted by Crippen LogP contribution is -2.49. The molecule has 0 spiro atoms. The molecule has 3 nitrogen and oxygen atoms in total. The summed E-state index contributed by atoms with van der Waals surface area (Å²) in [6.45, 7) is 0.136. The van der Waals surface area contributed by atoms with Crippen LogP contribution >= 0.6 is 15.9 Å². The lowest BCUT2D eigenvalue weighted by atomic mass is 9.55. The highest BCUT2D eigenvalue weighted by Gasteiger charge is 2.48. The van der Waals surface area contributed by atoms with Gasteiger partial charge >= 0.3 is 5.97 Å². The van der Waals surface area contributed by atoms with Gasteiger partial charge in [0.15, 0.2) is 6.79 Å². The maximum atomic E-state index is 11.0. The second-order valence-corrected chi connectivity index (χ2v) is 6.39. The minimum Gasteiger partial charge on any atom is -0.438 e. The van der Waals surface area contributed by atoms with Crippen LogP contribution in [0.4, 0.5) is 0 Å². The molecule has 0 unspecified atom stereocenters. The fourth-order valence-electron chi connectivity index (χ4n) is 4.36. The minimum atomic E-state index is -0.242. The number of carbonyl (C=O) groups excluding carboxylic acids is 1. The van der Waals surface area contributed by atoms with Gasteiger partial charge in [0.2, 0.25) is 0 Å². The van der Waals surface area contributed by atoms with Gasteiger partial charge in [-0.2, -0.15) is 0 Å². The first-order chi connectivity index (χ1) is 8.26. The summed E-state index contributed by atoms with van der Waals surface area (Å²) in [5.41, 5.74) is 0. The van der Waals surface area contributed by atoms with Crippen LogP contribution < -0.4 is 0 Å². The Morgan fingerprint density at radius 1 is 1.06 bits per heavy atom. The molecule has 0 aromatic rings. The standard InChI is InChI=1S/C13H19BrO3/c14-6-12(15)16-7-17-13-10-2-8-1-9(4-10)5-11(13)3-8/h8-11,13H,1-7H2. The number of halogens is 1. The Kier molecular flexibility index (Phi) is 3.44. The van der Waals surface area contributed by atoms with Crippen molar-refractivity contribution in [2.24, 2.45) is 23.7 Å². The van der Waals surface area contributed by atoms with Crippen LogP contribution in [0, 0.1) is 23.7 Å². The Hall–Kier alpha value is -0.0900. The van der Waals surface area contributed by atoms with E-state index in [2.05, 4.69) is 15.9 Å². The van der Waals surface area contributed by atoms with E-state index in [0.717, 1.165) is 23.7 Å². The predicted molar refractivity (Wildman–Crippen MR) is 66.7 cm³/mol. The lowest BCUT2D eigenvalue weighted by molar-refractivity contribution is -0.184. The van der Waals surface area contributed by atoms with Crippen molar-refractivity contribution in [2.75, 3.05) is 12.1 Å². The topological polar surface area (TPSA) is 35.5 Å². The molecule has 0 amide bonds. The largest absolute Gasteiger partial charge is 0.438 e. The molecule has 17 heavy (non-hydrogen) atoms.